The van der Waals surface area contributed by atoms with Crippen LogP contribution in [0, 0.1) is 16.7 Å². The predicted molar refractivity (Wildman–Crippen MR) is 238 cm³/mol. The molecule has 1 fully saturated rings. The van der Waals surface area contributed by atoms with Crippen molar-refractivity contribution in [1.29, 1.82) is 0 Å². The van der Waals surface area contributed by atoms with Crippen molar-refractivity contribution >= 4 is 0 Å². The highest BCUT2D eigenvalue weighted by Crippen LogP contribution is 2.59. The van der Waals surface area contributed by atoms with E-state index in [1.165, 1.54) is 205 Å². The molecule has 5 heteroatoms. The van der Waals surface area contributed by atoms with Crippen LogP contribution in [0.25, 0.3) is 0 Å². The molecule has 55 heavy (non-hydrogen) atoms. The molecule has 5 N–H and O–H groups in total. The van der Waals surface area contributed by atoms with Gasteiger partial charge in [0.05, 0.1) is 0 Å². The third kappa shape index (κ3) is 25.8. The van der Waals surface area contributed by atoms with Gasteiger partial charge in [0.15, 0.2) is 0 Å². The van der Waals surface area contributed by atoms with Crippen molar-refractivity contribution < 1.29 is 25.5 Å². The fourth-order valence-electron chi connectivity index (χ4n) is 11.0. The summed E-state index contributed by atoms with van der Waals surface area (Å²) in [5, 5.41) is 52.2. The maximum absolute atomic E-state index is 10.5. The molecule has 1 aliphatic carbocycles. The molecule has 0 spiro atoms. The first-order chi connectivity index (χ1) is 27.2. The van der Waals surface area contributed by atoms with Crippen molar-refractivity contribution in [1.82, 2.24) is 0 Å². The van der Waals surface area contributed by atoms with Gasteiger partial charge in [-0.05, 0) is 61.7 Å². The van der Waals surface area contributed by atoms with Crippen LogP contribution in [0.5, 0.6) is 0 Å². The molecule has 0 saturated heterocycles. The zero-order chi connectivity index (χ0) is 39.8. The maximum Gasteiger partial charge on any atom is 0.0436 e. The second kappa shape index (κ2) is 39.3. The van der Waals surface area contributed by atoms with Crippen LogP contribution in [0.2, 0.25) is 0 Å². The van der Waals surface area contributed by atoms with Gasteiger partial charge >= 0.3 is 0 Å². The van der Waals surface area contributed by atoms with Crippen LogP contribution in [-0.4, -0.2) is 58.6 Å². The number of rotatable bonds is 10. The standard InChI is InChI=1S/C50H100O5/c51-43-37-48-36-34-32-30-28-26-24-22-20-18-16-14-12-10-8-6-4-2-1-3-5-7-9-11-13-15-17-19-21-23-25-27-29-31-33-35-38-49(39-44-52,40-45-53)50(48,41-46-54)42-47-55/h48,51-55H,1-47H2. The molecule has 1 unspecified atom stereocenters. The van der Waals surface area contributed by atoms with Crippen molar-refractivity contribution in [2.75, 3.05) is 33.0 Å². The van der Waals surface area contributed by atoms with Gasteiger partial charge in [0.1, 0.15) is 0 Å². The van der Waals surface area contributed by atoms with Gasteiger partial charge < -0.3 is 25.5 Å². The zero-order valence-corrected chi connectivity index (χ0v) is 37.0. The lowest BCUT2D eigenvalue weighted by Crippen LogP contribution is -2.50. The molecule has 0 amide bonds. The smallest absolute Gasteiger partial charge is 0.0436 e. The highest BCUT2D eigenvalue weighted by Gasteiger charge is 2.52. The van der Waals surface area contributed by atoms with Gasteiger partial charge in [0, 0.05) is 33.0 Å². The van der Waals surface area contributed by atoms with E-state index in [9.17, 15) is 25.5 Å². The molecule has 0 bridgehead atoms. The molecule has 1 atom stereocenters. The van der Waals surface area contributed by atoms with Crippen molar-refractivity contribution in [3.63, 3.8) is 0 Å². The van der Waals surface area contributed by atoms with Gasteiger partial charge in [-0.2, -0.15) is 0 Å². The monoisotopic (exact) mass is 781 g/mol. The maximum atomic E-state index is 10.5. The fraction of sp³-hybridized carbons (Fsp3) is 1.00. The van der Waals surface area contributed by atoms with Crippen LogP contribution < -0.4 is 0 Å². The van der Waals surface area contributed by atoms with Gasteiger partial charge in [-0.15, -0.1) is 0 Å². The molecule has 1 aliphatic rings. The summed E-state index contributed by atoms with van der Waals surface area (Å²) in [4.78, 5) is 0. The van der Waals surface area contributed by atoms with Crippen molar-refractivity contribution in [2.24, 2.45) is 16.7 Å². The van der Waals surface area contributed by atoms with Crippen molar-refractivity contribution in [2.45, 2.75) is 270 Å². The second-order valence-corrected chi connectivity index (χ2v) is 18.5. The summed E-state index contributed by atoms with van der Waals surface area (Å²) in [6.07, 6.45) is 52.5. The summed E-state index contributed by atoms with van der Waals surface area (Å²) in [6.45, 7) is 0.244. The van der Waals surface area contributed by atoms with E-state index >= 15 is 0 Å². The van der Waals surface area contributed by atoms with Crippen molar-refractivity contribution in [3.8, 4) is 0 Å². The molecular formula is C50H100O5. The van der Waals surface area contributed by atoms with Gasteiger partial charge in [-0.1, -0.05) is 225 Å². The normalized spacial score (nSPS) is 24.1. The Morgan fingerprint density at radius 1 is 0.273 bits per heavy atom. The summed E-state index contributed by atoms with van der Waals surface area (Å²) in [6, 6.07) is 0. The highest BCUT2D eigenvalue weighted by molar-refractivity contribution is 5.02. The summed E-state index contributed by atoms with van der Waals surface area (Å²) < 4.78 is 0. The Hall–Kier alpha value is -0.200. The average Bonchev–Trinajstić information content (AvgIpc) is 3.18. The van der Waals surface area contributed by atoms with Crippen molar-refractivity contribution in [3.05, 3.63) is 0 Å². The van der Waals surface area contributed by atoms with Gasteiger partial charge in [0.25, 0.3) is 0 Å². The Kier molecular flexibility index (Phi) is 37.7. The van der Waals surface area contributed by atoms with E-state index in [-0.39, 0.29) is 44.4 Å². The molecule has 0 aromatic heterocycles. The van der Waals surface area contributed by atoms with Crippen LogP contribution in [0.3, 0.4) is 0 Å². The lowest BCUT2D eigenvalue weighted by atomic mass is 9.49. The lowest BCUT2D eigenvalue weighted by molar-refractivity contribution is -0.100. The summed E-state index contributed by atoms with van der Waals surface area (Å²) in [5.41, 5.74) is -0.785. The predicted octanol–water partition coefficient (Wildman–Crippen LogP) is 13.9. The Bertz CT molecular complexity index is 746. The largest absolute Gasteiger partial charge is 0.396 e. The first-order valence-electron chi connectivity index (χ1n) is 25.2. The summed E-state index contributed by atoms with van der Waals surface area (Å²) >= 11 is 0. The third-order valence-corrected chi connectivity index (χ3v) is 14.3. The number of hydrogen-bond donors (Lipinski definition) is 5. The number of aliphatic hydroxyl groups excluding tert-OH is 5. The summed E-state index contributed by atoms with van der Waals surface area (Å²) in [5.74, 6) is 0.148. The molecule has 0 heterocycles. The topological polar surface area (TPSA) is 101 Å². The van der Waals surface area contributed by atoms with Gasteiger partial charge in [-0.3, -0.25) is 0 Å². The zero-order valence-electron chi connectivity index (χ0n) is 37.0. The van der Waals surface area contributed by atoms with E-state index in [4.69, 9.17) is 0 Å². The molecule has 5 nitrogen and oxygen atoms in total. The van der Waals surface area contributed by atoms with E-state index < -0.39 is 5.41 Å². The molecule has 1 rings (SSSR count). The van der Waals surface area contributed by atoms with Crippen LogP contribution in [0.15, 0.2) is 0 Å². The molecule has 0 radical (unpaired) electrons. The molecule has 1 saturated carbocycles. The van der Waals surface area contributed by atoms with Gasteiger partial charge in [0.2, 0.25) is 0 Å². The first kappa shape index (κ1) is 52.8. The number of hydrogen-bond acceptors (Lipinski definition) is 5. The van der Waals surface area contributed by atoms with Crippen LogP contribution in [-0.2, 0) is 0 Å². The molecular weight excluding hydrogens is 681 g/mol. The van der Waals surface area contributed by atoms with Gasteiger partial charge in [-0.25, -0.2) is 0 Å². The minimum Gasteiger partial charge on any atom is -0.396 e. The SMILES string of the molecule is OCCC1CCCCCCCCCCCCCCCCCCCCCCCCCCCCCCCCCCCCCC(CCO)(CCO)C1(CCO)CCO. The Morgan fingerprint density at radius 3 is 0.745 bits per heavy atom. The first-order valence-corrected chi connectivity index (χ1v) is 25.2. The van der Waals surface area contributed by atoms with Crippen LogP contribution in [0.1, 0.15) is 270 Å². The lowest BCUT2D eigenvalue weighted by Gasteiger charge is -2.56. The van der Waals surface area contributed by atoms with Crippen LogP contribution in [0.4, 0.5) is 0 Å². The van der Waals surface area contributed by atoms with Crippen LogP contribution >= 0.6 is 0 Å². The number of aliphatic hydroxyl groups is 5. The molecule has 330 valence electrons. The van der Waals surface area contributed by atoms with E-state index in [1.54, 1.807) is 0 Å². The third-order valence-electron chi connectivity index (χ3n) is 14.3. The average molecular weight is 781 g/mol. The summed E-state index contributed by atoms with van der Waals surface area (Å²) in [7, 11) is 0. The Labute approximate surface area is 344 Å². The molecule has 0 aliphatic heterocycles. The van der Waals surface area contributed by atoms with E-state index in [1.807, 2.05) is 0 Å². The van der Waals surface area contributed by atoms with E-state index in [0.717, 1.165) is 32.1 Å². The minimum absolute atomic E-state index is 0.0283. The Morgan fingerprint density at radius 2 is 0.509 bits per heavy atom. The quantitative estimate of drug-likeness (QED) is 0.152. The second-order valence-electron chi connectivity index (χ2n) is 18.5. The highest BCUT2D eigenvalue weighted by atomic mass is 16.3. The van der Waals surface area contributed by atoms with E-state index in [2.05, 4.69) is 0 Å². The minimum atomic E-state index is -0.419. The van der Waals surface area contributed by atoms with E-state index in [0.29, 0.717) is 32.1 Å². The molecule has 0 aromatic carbocycles. The fourth-order valence-corrected chi connectivity index (χ4v) is 11.0. The molecule has 0 aromatic rings. The Balaban J connectivity index is 2.74.